The molecular weight excluding hydrogens is 220 g/mol. The molecule has 1 aromatic rings. The molecule has 2 nitrogen and oxygen atoms in total. The highest BCUT2D eigenvalue weighted by Crippen LogP contribution is 2.26. The van der Waals surface area contributed by atoms with Crippen LogP contribution < -0.4 is 5.32 Å². The fourth-order valence-corrected chi connectivity index (χ4v) is 2.12. The van der Waals surface area contributed by atoms with E-state index in [1.54, 1.807) is 0 Å². The molecule has 1 aromatic carbocycles. The molecule has 0 atom stereocenters. The number of halogens is 1. The van der Waals surface area contributed by atoms with Crippen molar-refractivity contribution in [1.82, 2.24) is 4.90 Å². The summed E-state index contributed by atoms with van der Waals surface area (Å²) in [6, 6.07) is 6.58. The van der Waals surface area contributed by atoms with Crippen LogP contribution >= 0.6 is 12.4 Å². The van der Waals surface area contributed by atoms with Crippen molar-refractivity contribution in [2.75, 3.05) is 25.5 Å². The quantitative estimate of drug-likeness (QED) is 0.812. The topological polar surface area (TPSA) is 15.3 Å². The number of likely N-dealkylation sites (N-methyl/N-ethyl adjacent to an activating group) is 1. The van der Waals surface area contributed by atoms with Crippen molar-refractivity contribution < 1.29 is 0 Å². The van der Waals surface area contributed by atoms with Crippen molar-refractivity contribution in [2.45, 2.75) is 13.0 Å². The lowest BCUT2D eigenvalue weighted by atomic mass is 10.1. The van der Waals surface area contributed by atoms with Gasteiger partial charge in [0.1, 0.15) is 0 Å². The Hall–Kier alpha value is -0.990. The Morgan fingerprint density at radius 2 is 2.31 bits per heavy atom. The monoisotopic (exact) mass is 238 g/mol. The Kier molecular flexibility index (Phi) is 4.84. The SMILES string of the molecule is C=CCN(C)Cc1cccc2c1NCC2.Cl. The molecule has 0 saturated carbocycles. The predicted molar refractivity (Wildman–Crippen MR) is 72.4 cm³/mol. The number of nitrogens with one attached hydrogen (secondary N) is 1. The summed E-state index contributed by atoms with van der Waals surface area (Å²) in [5, 5.41) is 3.46. The van der Waals surface area contributed by atoms with E-state index in [0.29, 0.717) is 0 Å². The van der Waals surface area contributed by atoms with Gasteiger partial charge in [0.2, 0.25) is 0 Å². The van der Waals surface area contributed by atoms with Gasteiger partial charge in [0.05, 0.1) is 0 Å². The maximum atomic E-state index is 3.76. The minimum Gasteiger partial charge on any atom is -0.384 e. The van der Waals surface area contributed by atoms with E-state index in [-0.39, 0.29) is 12.4 Å². The molecule has 1 N–H and O–H groups in total. The van der Waals surface area contributed by atoms with Crippen LogP contribution in [0.15, 0.2) is 30.9 Å². The van der Waals surface area contributed by atoms with Gasteiger partial charge >= 0.3 is 0 Å². The molecule has 0 saturated heterocycles. The van der Waals surface area contributed by atoms with Gasteiger partial charge in [-0.05, 0) is 24.6 Å². The average Bonchev–Trinajstić information content (AvgIpc) is 2.67. The summed E-state index contributed by atoms with van der Waals surface area (Å²) in [4.78, 5) is 2.27. The Labute approximate surface area is 104 Å². The Morgan fingerprint density at radius 1 is 1.50 bits per heavy atom. The van der Waals surface area contributed by atoms with E-state index in [0.717, 1.165) is 26.1 Å². The third-order valence-corrected chi connectivity index (χ3v) is 2.81. The number of benzene rings is 1. The van der Waals surface area contributed by atoms with Gasteiger partial charge in [-0.25, -0.2) is 0 Å². The second-order valence-electron chi connectivity index (χ2n) is 4.11. The zero-order chi connectivity index (χ0) is 10.7. The molecule has 0 fully saturated rings. The zero-order valence-corrected chi connectivity index (χ0v) is 10.5. The molecule has 1 aliphatic heterocycles. The molecule has 2 rings (SSSR count). The number of hydrogen-bond acceptors (Lipinski definition) is 2. The van der Waals surface area contributed by atoms with Gasteiger partial charge in [-0.15, -0.1) is 19.0 Å². The molecule has 0 radical (unpaired) electrons. The first-order valence-electron chi connectivity index (χ1n) is 5.45. The Balaban J connectivity index is 0.00000128. The van der Waals surface area contributed by atoms with Crippen LogP contribution in [0.4, 0.5) is 5.69 Å². The Bertz CT molecular complexity index is 363. The summed E-state index contributed by atoms with van der Waals surface area (Å²) < 4.78 is 0. The average molecular weight is 239 g/mol. The van der Waals surface area contributed by atoms with Crippen LogP contribution in [0.1, 0.15) is 11.1 Å². The standard InChI is InChI=1S/C13H18N2.ClH/c1-3-9-15(2)10-12-6-4-5-11-7-8-14-13(11)12;/h3-6,14H,1,7-10H2,2H3;1H. The number of hydrogen-bond donors (Lipinski definition) is 1. The van der Waals surface area contributed by atoms with Crippen LogP contribution in [0.2, 0.25) is 0 Å². The van der Waals surface area contributed by atoms with Crippen molar-refractivity contribution in [1.29, 1.82) is 0 Å². The lowest BCUT2D eigenvalue weighted by molar-refractivity contribution is 0.364. The van der Waals surface area contributed by atoms with E-state index in [1.165, 1.54) is 16.8 Å². The van der Waals surface area contributed by atoms with Gasteiger partial charge in [0, 0.05) is 25.3 Å². The fraction of sp³-hybridized carbons (Fsp3) is 0.385. The zero-order valence-electron chi connectivity index (χ0n) is 9.70. The van der Waals surface area contributed by atoms with Gasteiger partial charge in [0.15, 0.2) is 0 Å². The molecule has 3 heteroatoms. The van der Waals surface area contributed by atoms with E-state index in [1.807, 2.05) is 6.08 Å². The van der Waals surface area contributed by atoms with Gasteiger partial charge in [-0.3, -0.25) is 4.90 Å². The van der Waals surface area contributed by atoms with Crippen LogP contribution in [0.25, 0.3) is 0 Å². The second-order valence-corrected chi connectivity index (χ2v) is 4.11. The van der Waals surface area contributed by atoms with E-state index >= 15 is 0 Å². The van der Waals surface area contributed by atoms with Crippen LogP contribution in [-0.4, -0.2) is 25.0 Å². The maximum absolute atomic E-state index is 3.76. The minimum atomic E-state index is 0. The lowest BCUT2D eigenvalue weighted by Gasteiger charge is -2.16. The molecule has 0 aliphatic carbocycles. The third kappa shape index (κ3) is 2.77. The predicted octanol–water partition coefficient (Wildman–Crippen LogP) is 2.69. The maximum Gasteiger partial charge on any atom is 0.0419 e. The molecule has 1 aliphatic rings. The first-order chi connectivity index (χ1) is 7.31. The van der Waals surface area contributed by atoms with Crippen LogP contribution in [-0.2, 0) is 13.0 Å². The molecule has 0 amide bonds. The summed E-state index contributed by atoms with van der Waals surface area (Å²) in [7, 11) is 2.12. The highest BCUT2D eigenvalue weighted by molar-refractivity contribution is 5.85. The number of para-hydroxylation sites is 1. The van der Waals surface area contributed by atoms with Crippen molar-refractivity contribution in [3.05, 3.63) is 42.0 Å². The van der Waals surface area contributed by atoms with Crippen molar-refractivity contribution in [3.8, 4) is 0 Å². The first-order valence-corrected chi connectivity index (χ1v) is 5.45. The highest BCUT2D eigenvalue weighted by Gasteiger charge is 2.13. The summed E-state index contributed by atoms with van der Waals surface area (Å²) in [6.07, 6.45) is 3.10. The molecule has 16 heavy (non-hydrogen) atoms. The highest BCUT2D eigenvalue weighted by atomic mass is 35.5. The van der Waals surface area contributed by atoms with E-state index < -0.39 is 0 Å². The largest absolute Gasteiger partial charge is 0.384 e. The number of rotatable bonds is 4. The van der Waals surface area contributed by atoms with Gasteiger partial charge in [-0.2, -0.15) is 0 Å². The van der Waals surface area contributed by atoms with Crippen molar-refractivity contribution in [3.63, 3.8) is 0 Å². The second kappa shape index (κ2) is 5.92. The van der Waals surface area contributed by atoms with Gasteiger partial charge in [0.25, 0.3) is 0 Å². The van der Waals surface area contributed by atoms with Crippen LogP contribution in [0.5, 0.6) is 0 Å². The van der Waals surface area contributed by atoms with Gasteiger partial charge in [-0.1, -0.05) is 24.3 Å². The van der Waals surface area contributed by atoms with Crippen molar-refractivity contribution in [2.24, 2.45) is 0 Å². The molecule has 0 bridgehead atoms. The number of fused-ring (bicyclic) bond motifs is 1. The first kappa shape index (κ1) is 13.1. The molecular formula is C13H19ClN2. The van der Waals surface area contributed by atoms with E-state index in [2.05, 4.69) is 42.0 Å². The molecule has 88 valence electrons. The molecule has 1 heterocycles. The van der Waals surface area contributed by atoms with Gasteiger partial charge < -0.3 is 5.32 Å². The Morgan fingerprint density at radius 3 is 3.06 bits per heavy atom. The molecule has 0 aromatic heterocycles. The number of anilines is 1. The summed E-state index contributed by atoms with van der Waals surface area (Å²) in [6.45, 7) is 6.76. The van der Waals surface area contributed by atoms with E-state index in [4.69, 9.17) is 0 Å². The normalized spacial score (nSPS) is 12.9. The fourth-order valence-electron chi connectivity index (χ4n) is 2.12. The van der Waals surface area contributed by atoms with Crippen LogP contribution in [0, 0.1) is 0 Å². The molecule has 0 spiro atoms. The van der Waals surface area contributed by atoms with Crippen LogP contribution in [0.3, 0.4) is 0 Å². The summed E-state index contributed by atoms with van der Waals surface area (Å²) in [5.74, 6) is 0. The van der Waals surface area contributed by atoms with Crippen molar-refractivity contribution >= 4 is 18.1 Å². The number of nitrogens with zero attached hydrogens (tertiary/aromatic N) is 1. The molecule has 0 unspecified atom stereocenters. The minimum absolute atomic E-state index is 0. The lowest BCUT2D eigenvalue weighted by Crippen LogP contribution is -2.18. The summed E-state index contributed by atoms with van der Waals surface area (Å²) >= 11 is 0. The van der Waals surface area contributed by atoms with E-state index in [9.17, 15) is 0 Å². The summed E-state index contributed by atoms with van der Waals surface area (Å²) in [5.41, 5.74) is 4.21. The smallest absolute Gasteiger partial charge is 0.0419 e. The third-order valence-electron chi connectivity index (χ3n) is 2.81.